The maximum absolute atomic E-state index is 11.8. The molecule has 0 fully saturated rings. The predicted molar refractivity (Wildman–Crippen MR) is 77.6 cm³/mol. The zero-order valence-corrected chi connectivity index (χ0v) is 12.9. The van der Waals surface area contributed by atoms with Gasteiger partial charge in [0.25, 0.3) is 0 Å². The van der Waals surface area contributed by atoms with Gasteiger partial charge in [-0.05, 0) is 37.4 Å². The highest BCUT2D eigenvalue weighted by atomic mass is 32.2. The molecule has 0 aliphatic carbocycles. The molecule has 0 heterocycles. The van der Waals surface area contributed by atoms with Gasteiger partial charge in [0.1, 0.15) is 6.61 Å². The van der Waals surface area contributed by atoms with Crippen LogP contribution in [0.1, 0.15) is 24.2 Å². The van der Waals surface area contributed by atoms with Crippen molar-refractivity contribution in [1.29, 1.82) is 0 Å². The molecule has 0 unspecified atom stereocenters. The van der Waals surface area contributed by atoms with E-state index in [-0.39, 0.29) is 4.90 Å². The molecule has 1 rings (SSSR count). The number of hydrogen-bond acceptors (Lipinski definition) is 5. The summed E-state index contributed by atoms with van der Waals surface area (Å²) < 4.78 is 27.8. The quantitative estimate of drug-likeness (QED) is 0.715. The maximum atomic E-state index is 11.8. The summed E-state index contributed by atoms with van der Waals surface area (Å²) >= 11 is 0. The Morgan fingerprint density at radius 3 is 2.15 bits per heavy atom. The number of ether oxygens (including phenoxy) is 1. The van der Waals surface area contributed by atoms with Crippen molar-refractivity contribution >= 4 is 15.8 Å². The van der Waals surface area contributed by atoms with Crippen LogP contribution in [-0.2, 0) is 14.6 Å². The fourth-order valence-corrected chi connectivity index (χ4v) is 2.36. The van der Waals surface area contributed by atoms with Gasteiger partial charge >= 0.3 is 5.97 Å². The van der Waals surface area contributed by atoms with Gasteiger partial charge in [-0.15, -0.1) is 0 Å². The third-order valence-corrected chi connectivity index (χ3v) is 4.18. The SMILES string of the molecule is CCN(CC)CCOC(=O)c1ccc(S(C)(=O)=O)cc1. The van der Waals surface area contributed by atoms with E-state index in [2.05, 4.69) is 18.7 Å². The number of benzene rings is 1. The van der Waals surface area contributed by atoms with Crippen molar-refractivity contribution in [2.45, 2.75) is 18.7 Å². The monoisotopic (exact) mass is 299 g/mol. The van der Waals surface area contributed by atoms with Crippen molar-refractivity contribution in [2.24, 2.45) is 0 Å². The van der Waals surface area contributed by atoms with E-state index in [1.807, 2.05) is 0 Å². The fraction of sp³-hybridized carbons (Fsp3) is 0.500. The van der Waals surface area contributed by atoms with Crippen molar-refractivity contribution in [2.75, 3.05) is 32.5 Å². The molecule has 0 spiro atoms. The number of hydrogen-bond donors (Lipinski definition) is 0. The topological polar surface area (TPSA) is 63.7 Å². The largest absolute Gasteiger partial charge is 0.461 e. The number of esters is 1. The summed E-state index contributed by atoms with van der Waals surface area (Å²) in [7, 11) is -3.24. The molecule has 112 valence electrons. The summed E-state index contributed by atoms with van der Waals surface area (Å²) in [5, 5.41) is 0. The van der Waals surface area contributed by atoms with Gasteiger partial charge in [-0.1, -0.05) is 13.8 Å². The number of rotatable bonds is 7. The Balaban J connectivity index is 2.56. The maximum Gasteiger partial charge on any atom is 0.338 e. The van der Waals surface area contributed by atoms with Crippen molar-refractivity contribution in [3.63, 3.8) is 0 Å². The molecule has 0 atom stereocenters. The summed E-state index contributed by atoms with van der Waals surface area (Å²) in [5.41, 5.74) is 0.358. The van der Waals surface area contributed by atoms with Crippen LogP contribution in [-0.4, -0.2) is 51.8 Å². The molecule has 1 aromatic carbocycles. The Morgan fingerprint density at radius 1 is 1.15 bits per heavy atom. The van der Waals surface area contributed by atoms with Gasteiger partial charge in [-0.25, -0.2) is 13.2 Å². The molecule has 0 saturated heterocycles. The molecule has 20 heavy (non-hydrogen) atoms. The molecule has 0 aliphatic rings. The van der Waals surface area contributed by atoms with Crippen molar-refractivity contribution < 1.29 is 17.9 Å². The second-order valence-corrected chi connectivity index (χ2v) is 6.48. The lowest BCUT2D eigenvalue weighted by molar-refractivity contribution is 0.0466. The normalized spacial score (nSPS) is 11.6. The summed E-state index contributed by atoms with van der Waals surface area (Å²) in [6.45, 7) is 6.95. The number of carbonyl (C=O) groups excluding carboxylic acids is 1. The molecule has 5 nitrogen and oxygen atoms in total. The molecule has 0 radical (unpaired) electrons. The van der Waals surface area contributed by atoms with Gasteiger partial charge in [0.15, 0.2) is 9.84 Å². The van der Waals surface area contributed by atoms with Crippen LogP contribution in [0.5, 0.6) is 0 Å². The van der Waals surface area contributed by atoms with Gasteiger partial charge in [0.05, 0.1) is 10.5 Å². The van der Waals surface area contributed by atoms with Crippen LogP contribution in [0.4, 0.5) is 0 Å². The van der Waals surface area contributed by atoms with Crippen LogP contribution in [0.2, 0.25) is 0 Å². The van der Waals surface area contributed by atoms with E-state index in [1.165, 1.54) is 24.3 Å². The van der Waals surface area contributed by atoms with Crippen molar-refractivity contribution in [1.82, 2.24) is 4.90 Å². The van der Waals surface area contributed by atoms with E-state index >= 15 is 0 Å². The number of nitrogens with zero attached hydrogens (tertiary/aromatic N) is 1. The minimum absolute atomic E-state index is 0.192. The lowest BCUT2D eigenvalue weighted by Crippen LogP contribution is -2.27. The first-order valence-electron chi connectivity index (χ1n) is 6.58. The predicted octanol–water partition coefficient (Wildman–Crippen LogP) is 1.59. The van der Waals surface area contributed by atoms with Crippen molar-refractivity contribution in [3.8, 4) is 0 Å². The standard InChI is InChI=1S/C14H21NO4S/c1-4-15(5-2)10-11-19-14(16)12-6-8-13(9-7-12)20(3,17)18/h6-9H,4-5,10-11H2,1-3H3. The Morgan fingerprint density at radius 2 is 1.70 bits per heavy atom. The van der Waals surface area contributed by atoms with Gasteiger partial charge < -0.3 is 9.64 Å². The molecule has 0 aromatic heterocycles. The van der Waals surface area contributed by atoms with E-state index in [0.717, 1.165) is 19.3 Å². The van der Waals surface area contributed by atoms with Gasteiger partial charge in [0.2, 0.25) is 0 Å². The van der Waals surface area contributed by atoms with Gasteiger partial charge in [-0.3, -0.25) is 0 Å². The highest BCUT2D eigenvalue weighted by molar-refractivity contribution is 7.90. The van der Waals surface area contributed by atoms with E-state index in [4.69, 9.17) is 4.74 Å². The van der Waals surface area contributed by atoms with E-state index in [9.17, 15) is 13.2 Å². The molecule has 1 aromatic rings. The molecular formula is C14H21NO4S. The summed E-state index contributed by atoms with van der Waals surface area (Å²) in [4.78, 5) is 14.1. The molecule has 0 aliphatic heterocycles. The minimum Gasteiger partial charge on any atom is -0.461 e. The lowest BCUT2D eigenvalue weighted by Gasteiger charge is -2.17. The highest BCUT2D eigenvalue weighted by Gasteiger charge is 2.11. The Kier molecular flexibility index (Phi) is 6.16. The smallest absolute Gasteiger partial charge is 0.338 e. The first kappa shape index (κ1) is 16.7. The second-order valence-electron chi connectivity index (χ2n) is 4.46. The second kappa shape index (κ2) is 7.40. The van der Waals surface area contributed by atoms with Crippen LogP contribution >= 0.6 is 0 Å². The van der Waals surface area contributed by atoms with Crippen LogP contribution in [0.15, 0.2) is 29.2 Å². The van der Waals surface area contributed by atoms with E-state index < -0.39 is 15.8 Å². The van der Waals surface area contributed by atoms with E-state index in [1.54, 1.807) is 0 Å². The molecule has 0 amide bonds. The molecule has 0 bridgehead atoms. The number of sulfone groups is 1. The Labute approximate surface area is 120 Å². The third kappa shape index (κ3) is 4.94. The average molecular weight is 299 g/mol. The highest BCUT2D eigenvalue weighted by Crippen LogP contribution is 2.11. The fourth-order valence-electron chi connectivity index (χ4n) is 1.73. The molecule has 0 saturated carbocycles. The molecule has 0 N–H and O–H groups in total. The van der Waals surface area contributed by atoms with Crippen LogP contribution < -0.4 is 0 Å². The minimum atomic E-state index is -3.24. The number of likely N-dealkylation sites (N-methyl/N-ethyl adjacent to an activating group) is 1. The summed E-state index contributed by atoms with van der Waals surface area (Å²) in [5.74, 6) is -0.433. The van der Waals surface area contributed by atoms with E-state index in [0.29, 0.717) is 18.7 Å². The molecule has 6 heteroatoms. The Hall–Kier alpha value is -1.40. The van der Waals surface area contributed by atoms with Crippen LogP contribution in [0.3, 0.4) is 0 Å². The zero-order valence-electron chi connectivity index (χ0n) is 12.1. The third-order valence-electron chi connectivity index (χ3n) is 3.05. The van der Waals surface area contributed by atoms with Crippen LogP contribution in [0.25, 0.3) is 0 Å². The van der Waals surface area contributed by atoms with Crippen LogP contribution in [0, 0.1) is 0 Å². The average Bonchev–Trinajstić information content (AvgIpc) is 2.42. The van der Waals surface area contributed by atoms with Gasteiger partial charge in [-0.2, -0.15) is 0 Å². The lowest BCUT2D eigenvalue weighted by atomic mass is 10.2. The van der Waals surface area contributed by atoms with Crippen molar-refractivity contribution in [3.05, 3.63) is 29.8 Å². The summed E-state index contributed by atoms with van der Waals surface area (Å²) in [6, 6.07) is 5.76. The Bertz CT molecular complexity index is 533. The zero-order chi connectivity index (χ0) is 15.2. The first-order chi connectivity index (χ1) is 9.38. The number of carbonyl (C=O) groups is 1. The molecular weight excluding hydrogens is 278 g/mol. The first-order valence-corrected chi connectivity index (χ1v) is 8.47. The summed E-state index contributed by atoms with van der Waals surface area (Å²) in [6.07, 6.45) is 1.13. The van der Waals surface area contributed by atoms with Gasteiger partial charge in [0, 0.05) is 12.8 Å².